The molecule has 1 atom stereocenters. The summed E-state index contributed by atoms with van der Waals surface area (Å²) in [5.41, 5.74) is -0.469. The highest BCUT2D eigenvalue weighted by molar-refractivity contribution is 6.02. The zero-order valence-corrected chi connectivity index (χ0v) is 17.2. The monoisotopic (exact) mass is 389 g/mol. The first-order valence-corrected chi connectivity index (χ1v) is 10.3. The van der Waals surface area contributed by atoms with Crippen LogP contribution in [0.2, 0.25) is 0 Å². The van der Waals surface area contributed by atoms with E-state index in [1.165, 1.54) is 10.7 Å². The van der Waals surface area contributed by atoms with Crippen LogP contribution in [-0.2, 0) is 11.3 Å². The molecule has 0 bridgehead atoms. The number of fused-ring (bicyclic) bond motifs is 1. The Balaban J connectivity index is 1.90. The largest absolute Gasteiger partial charge is 0.351 e. The van der Waals surface area contributed by atoms with Gasteiger partial charge in [0.05, 0.1) is 6.54 Å². The van der Waals surface area contributed by atoms with Crippen molar-refractivity contribution in [3.05, 3.63) is 17.5 Å². The lowest BCUT2D eigenvalue weighted by atomic mass is 9.94. The van der Waals surface area contributed by atoms with Crippen molar-refractivity contribution in [2.24, 2.45) is 0 Å². The minimum absolute atomic E-state index is 0.0269. The van der Waals surface area contributed by atoms with E-state index in [1.54, 1.807) is 11.8 Å². The predicted molar refractivity (Wildman–Crippen MR) is 105 cm³/mol. The Bertz CT molecular complexity index is 766. The fourth-order valence-electron chi connectivity index (χ4n) is 4.07. The first kappa shape index (κ1) is 20.4. The molecule has 1 saturated carbocycles. The molecule has 2 aliphatic rings. The van der Waals surface area contributed by atoms with Gasteiger partial charge < -0.3 is 15.5 Å². The standard InChI is InChI=1S/C20H31N5O3/c1-5-10-24-18(27)16-11-15(17(26)21-13(2)3)23-25(16)12-20(24,4)19(28)22-14-8-6-7-9-14/h11,13-14H,5-10,12H2,1-4H3,(H,21,26)(H,22,28)/t20-/m0/s1. The van der Waals surface area contributed by atoms with E-state index in [0.29, 0.717) is 12.2 Å². The van der Waals surface area contributed by atoms with Crippen molar-refractivity contribution < 1.29 is 14.4 Å². The molecule has 0 radical (unpaired) electrons. The molecule has 1 aliphatic heterocycles. The molecular weight excluding hydrogens is 358 g/mol. The first-order valence-electron chi connectivity index (χ1n) is 10.3. The summed E-state index contributed by atoms with van der Waals surface area (Å²) in [6.07, 6.45) is 4.95. The SMILES string of the molecule is CCCN1C(=O)c2cc(C(=O)NC(C)C)nn2C[C@@]1(C)C(=O)NC1CCCC1. The van der Waals surface area contributed by atoms with Gasteiger partial charge in [0, 0.05) is 24.7 Å². The minimum Gasteiger partial charge on any atom is -0.351 e. The van der Waals surface area contributed by atoms with Gasteiger partial charge in [-0.1, -0.05) is 19.8 Å². The first-order chi connectivity index (χ1) is 13.3. The van der Waals surface area contributed by atoms with Gasteiger partial charge in [-0.2, -0.15) is 5.10 Å². The quantitative estimate of drug-likeness (QED) is 0.774. The van der Waals surface area contributed by atoms with Gasteiger partial charge in [-0.25, -0.2) is 0 Å². The van der Waals surface area contributed by atoms with Gasteiger partial charge in [0.2, 0.25) is 5.91 Å². The summed E-state index contributed by atoms with van der Waals surface area (Å²) in [4.78, 5) is 40.3. The molecule has 1 aromatic rings. The molecular formula is C20H31N5O3. The lowest BCUT2D eigenvalue weighted by molar-refractivity contribution is -0.133. The topological polar surface area (TPSA) is 96.3 Å². The smallest absolute Gasteiger partial charge is 0.273 e. The van der Waals surface area contributed by atoms with Crippen molar-refractivity contribution in [2.45, 2.75) is 84.0 Å². The number of carbonyl (C=O) groups excluding carboxylic acids is 3. The Labute approximate surface area is 166 Å². The second-order valence-electron chi connectivity index (χ2n) is 8.39. The van der Waals surface area contributed by atoms with Crippen molar-refractivity contribution in [3.8, 4) is 0 Å². The number of nitrogens with one attached hydrogen (secondary N) is 2. The minimum atomic E-state index is -1.03. The van der Waals surface area contributed by atoms with Gasteiger partial charge in [-0.3, -0.25) is 19.1 Å². The van der Waals surface area contributed by atoms with Crippen molar-refractivity contribution in [1.29, 1.82) is 0 Å². The molecule has 1 fully saturated rings. The number of hydrogen-bond acceptors (Lipinski definition) is 4. The van der Waals surface area contributed by atoms with Gasteiger partial charge in [0.15, 0.2) is 5.69 Å². The molecule has 0 spiro atoms. The Morgan fingerprint density at radius 2 is 2.00 bits per heavy atom. The van der Waals surface area contributed by atoms with E-state index in [0.717, 1.165) is 32.1 Å². The summed E-state index contributed by atoms with van der Waals surface area (Å²) in [7, 11) is 0. The molecule has 28 heavy (non-hydrogen) atoms. The maximum atomic E-state index is 13.2. The van der Waals surface area contributed by atoms with E-state index in [4.69, 9.17) is 0 Å². The van der Waals surface area contributed by atoms with Crippen LogP contribution in [0.15, 0.2) is 6.07 Å². The van der Waals surface area contributed by atoms with Gasteiger partial charge >= 0.3 is 0 Å². The van der Waals surface area contributed by atoms with E-state index in [9.17, 15) is 14.4 Å². The lowest BCUT2D eigenvalue weighted by Crippen LogP contribution is -2.65. The summed E-state index contributed by atoms with van der Waals surface area (Å²) < 4.78 is 1.51. The van der Waals surface area contributed by atoms with Crippen molar-refractivity contribution in [3.63, 3.8) is 0 Å². The van der Waals surface area contributed by atoms with Crippen LogP contribution in [0.4, 0.5) is 0 Å². The van der Waals surface area contributed by atoms with Crippen molar-refractivity contribution in [1.82, 2.24) is 25.3 Å². The summed E-state index contributed by atoms with van der Waals surface area (Å²) >= 11 is 0. The fraction of sp³-hybridized carbons (Fsp3) is 0.700. The molecule has 154 valence electrons. The molecule has 0 unspecified atom stereocenters. The maximum Gasteiger partial charge on any atom is 0.273 e. The summed E-state index contributed by atoms with van der Waals surface area (Å²) in [5.74, 6) is -0.715. The second-order valence-corrected chi connectivity index (χ2v) is 8.39. The molecule has 2 heterocycles. The van der Waals surface area contributed by atoms with Crippen molar-refractivity contribution >= 4 is 17.7 Å². The van der Waals surface area contributed by atoms with Gasteiger partial charge in [0.1, 0.15) is 11.2 Å². The number of carbonyl (C=O) groups is 3. The lowest BCUT2D eigenvalue weighted by Gasteiger charge is -2.43. The van der Waals surface area contributed by atoms with E-state index in [1.807, 2.05) is 20.8 Å². The average molecular weight is 390 g/mol. The maximum absolute atomic E-state index is 13.2. The van der Waals surface area contributed by atoms with Crippen LogP contribution in [0.25, 0.3) is 0 Å². The van der Waals surface area contributed by atoms with Crippen LogP contribution in [0.3, 0.4) is 0 Å². The van der Waals surface area contributed by atoms with Gasteiger partial charge in [-0.15, -0.1) is 0 Å². The summed E-state index contributed by atoms with van der Waals surface area (Å²) in [5, 5.41) is 10.3. The number of nitrogens with zero attached hydrogens (tertiary/aromatic N) is 3. The number of aromatic nitrogens is 2. The van der Waals surface area contributed by atoms with Crippen LogP contribution < -0.4 is 10.6 Å². The van der Waals surface area contributed by atoms with E-state index >= 15 is 0 Å². The predicted octanol–water partition coefficient (Wildman–Crippen LogP) is 1.70. The van der Waals surface area contributed by atoms with Crippen LogP contribution in [0.1, 0.15) is 80.8 Å². The molecule has 8 heteroatoms. The Hall–Kier alpha value is -2.38. The van der Waals surface area contributed by atoms with Crippen LogP contribution in [-0.4, -0.2) is 56.6 Å². The van der Waals surface area contributed by atoms with Crippen molar-refractivity contribution in [2.75, 3.05) is 6.54 Å². The van der Waals surface area contributed by atoms with Gasteiger partial charge in [-0.05, 0) is 40.0 Å². The molecule has 1 aromatic heterocycles. The van der Waals surface area contributed by atoms with Crippen LogP contribution in [0.5, 0.6) is 0 Å². The van der Waals surface area contributed by atoms with Crippen LogP contribution in [0, 0.1) is 0 Å². The number of rotatable bonds is 6. The molecule has 8 nitrogen and oxygen atoms in total. The molecule has 0 saturated heterocycles. The van der Waals surface area contributed by atoms with E-state index < -0.39 is 5.54 Å². The zero-order valence-electron chi connectivity index (χ0n) is 17.2. The normalized spacial score (nSPS) is 22.5. The van der Waals surface area contributed by atoms with E-state index in [-0.39, 0.29) is 42.0 Å². The third kappa shape index (κ3) is 3.77. The Morgan fingerprint density at radius 1 is 1.32 bits per heavy atom. The average Bonchev–Trinajstić information content (AvgIpc) is 3.27. The zero-order chi connectivity index (χ0) is 20.5. The second kappa shape index (κ2) is 7.93. The molecule has 3 rings (SSSR count). The van der Waals surface area contributed by atoms with Gasteiger partial charge in [0.25, 0.3) is 11.8 Å². The Kier molecular flexibility index (Phi) is 5.76. The number of hydrogen-bond donors (Lipinski definition) is 2. The summed E-state index contributed by atoms with van der Waals surface area (Å²) in [6, 6.07) is 1.67. The highest BCUT2D eigenvalue weighted by atomic mass is 16.2. The highest BCUT2D eigenvalue weighted by Crippen LogP contribution is 2.29. The van der Waals surface area contributed by atoms with Crippen LogP contribution >= 0.6 is 0 Å². The highest BCUT2D eigenvalue weighted by Gasteiger charge is 2.48. The Morgan fingerprint density at radius 3 is 2.61 bits per heavy atom. The van der Waals surface area contributed by atoms with E-state index in [2.05, 4.69) is 15.7 Å². The summed E-state index contributed by atoms with van der Waals surface area (Å²) in [6.45, 7) is 8.23. The molecule has 1 aliphatic carbocycles. The fourth-order valence-corrected chi connectivity index (χ4v) is 4.07. The third-order valence-corrected chi connectivity index (χ3v) is 5.58. The molecule has 0 aromatic carbocycles. The molecule has 2 N–H and O–H groups in total. The third-order valence-electron chi connectivity index (χ3n) is 5.58. The molecule has 3 amide bonds. The number of amides is 3.